The number of nitrogens with two attached hydrogens (primary N) is 1. The minimum absolute atomic E-state index is 0.179. The van der Waals surface area contributed by atoms with Crippen LogP contribution in [-0.2, 0) is 0 Å². The van der Waals surface area contributed by atoms with Gasteiger partial charge in [-0.15, -0.1) is 4.99 Å². The monoisotopic (exact) mass is 562 g/mol. The average Bonchev–Trinajstić information content (AvgIpc) is 3.52. The predicted octanol–water partition coefficient (Wildman–Crippen LogP) is 4.08. The van der Waals surface area contributed by atoms with E-state index in [1.807, 2.05) is 35.4 Å². The first-order valence-corrected chi connectivity index (χ1v) is 14.6. The number of anilines is 1. The molecule has 0 aliphatic carbocycles. The molecule has 3 atom stereocenters. The lowest BCUT2D eigenvalue weighted by molar-refractivity contribution is 0.188. The van der Waals surface area contributed by atoms with Gasteiger partial charge < -0.3 is 30.3 Å². The summed E-state index contributed by atoms with van der Waals surface area (Å²) in [5, 5.41) is 22.5. The molecule has 3 saturated heterocycles. The summed E-state index contributed by atoms with van der Waals surface area (Å²) in [4.78, 5) is 20.5. The molecule has 10 heteroatoms. The molecule has 3 aliphatic heterocycles. The summed E-state index contributed by atoms with van der Waals surface area (Å²) in [7, 11) is 2.14. The second-order valence-corrected chi connectivity index (χ2v) is 11.6. The first kappa shape index (κ1) is 26.3. The van der Waals surface area contributed by atoms with Crippen molar-refractivity contribution in [1.82, 2.24) is 19.8 Å². The van der Waals surface area contributed by atoms with Crippen molar-refractivity contribution in [3.63, 3.8) is 0 Å². The van der Waals surface area contributed by atoms with Gasteiger partial charge in [-0.05, 0) is 85.4 Å². The number of hydrogen-bond acceptors (Lipinski definition) is 8. The summed E-state index contributed by atoms with van der Waals surface area (Å²) in [6, 6.07) is 19.0. The molecule has 1 aromatic heterocycles. The number of phenols is 1. The Balaban J connectivity index is 1.31. The first-order chi connectivity index (χ1) is 20.5. The molecule has 0 amide bonds. The zero-order valence-electron chi connectivity index (χ0n) is 23.6. The van der Waals surface area contributed by atoms with Gasteiger partial charge in [0.05, 0.1) is 5.52 Å². The van der Waals surface area contributed by atoms with Crippen LogP contribution in [0.1, 0.15) is 25.7 Å². The van der Waals surface area contributed by atoms with Gasteiger partial charge in [0.1, 0.15) is 18.2 Å². The molecule has 2 bridgehead atoms. The maximum atomic E-state index is 10.5. The Morgan fingerprint density at radius 1 is 1.07 bits per heavy atom. The Morgan fingerprint density at radius 3 is 2.64 bits per heavy atom. The molecular weight excluding hydrogens is 528 g/mol. The van der Waals surface area contributed by atoms with Crippen molar-refractivity contribution in [2.24, 2.45) is 10.7 Å². The van der Waals surface area contributed by atoms with Crippen LogP contribution in [0.3, 0.4) is 0 Å². The van der Waals surface area contributed by atoms with Crippen molar-refractivity contribution < 1.29 is 9.84 Å². The summed E-state index contributed by atoms with van der Waals surface area (Å²) in [5.74, 6) is 1.37. The number of piperazine rings is 1. The SMILES string of the molecule is CN1CCC[C@H]1COc1nc(N2C3CCC2CN(C(N)=NC#N)C3)c2ccc(-c3cc(O)cc4ccccc34)cc2n1. The standard InChI is InChI=1S/C32H34N8O2/c1-38-12-4-6-24(38)18-42-32-36-29-14-21(28-15-25(41)13-20-5-2-3-7-26(20)28)8-11-27(29)30(37-32)40-22-9-10-23(40)17-39(16-22)31(34)35-19-33/h2-3,5,7-8,11,13-15,22-24,41H,4,6,9-10,12,16-18H2,1H3,(H2,34,35)/t22?,23?,24-/m0/s1. The highest BCUT2D eigenvalue weighted by atomic mass is 16.5. The van der Waals surface area contributed by atoms with Crippen LogP contribution in [0.25, 0.3) is 32.8 Å². The molecule has 0 radical (unpaired) electrons. The fourth-order valence-corrected chi connectivity index (χ4v) is 6.97. The molecule has 10 nitrogen and oxygen atoms in total. The Morgan fingerprint density at radius 2 is 1.88 bits per heavy atom. The van der Waals surface area contributed by atoms with Gasteiger partial charge in [-0.2, -0.15) is 15.2 Å². The third-order valence-electron chi connectivity index (χ3n) is 9.11. The van der Waals surface area contributed by atoms with E-state index in [9.17, 15) is 5.11 Å². The molecule has 4 heterocycles. The van der Waals surface area contributed by atoms with Crippen LogP contribution in [0.5, 0.6) is 11.8 Å². The van der Waals surface area contributed by atoms with Crippen LogP contribution >= 0.6 is 0 Å². The molecular formula is C32H34N8O2. The highest BCUT2D eigenvalue weighted by Gasteiger charge is 2.42. The molecule has 4 aromatic rings. The number of aromatic hydroxyl groups is 1. The Kier molecular flexibility index (Phi) is 6.67. The van der Waals surface area contributed by atoms with Gasteiger partial charge >= 0.3 is 6.01 Å². The number of nitrogens with zero attached hydrogens (tertiary/aromatic N) is 7. The molecule has 3 fully saturated rings. The minimum Gasteiger partial charge on any atom is -0.508 e. The number of ether oxygens (including phenoxy) is 1. The summed E-state index contributed by atoms with van der Waals surface area (Å²) >= 11 is 0. The van der Waals surface area contributed by atoms with Gasteiger partial charge in [-0.1, -0.05) is 30.3 Å². The van der Waals surface area contributed by atoms with Crippen molar-refractivity contribution >= 4 is 33.5 Å². The number of likely N-dealkylation sites (N-methyl/N-ethyl adjacent to an activating group) is 1. The summed E-state index contributed by atoms with van der Waals surface area (Å²) < 4.78 is 6.30. The number of rotatable bonds is 5. The molecule has 0 spiro atoms. The van der Waals surface area contributed by atoms with Crippen LogP contribution in [-0.4, -0.2) is 82.2 Å². The van der Waals surface area contributed by atoms with Crippen molar-refractivity contribution in [2.75, 3.05) is 38.2 Å². The number of nitriles is 1. The molecule has 3 N–H and O–H groups in total. The maximum Gasteiger partial charge on any atom is 0.319 e. The third kappa shape index (κ3) is 4.69. The summed E-state index contributed by atoms with van der Waals surface area (Å²) in [5.41, 5.74) is 8.82. The van der Waals surface area contributed by atoms with Crippen LogP contribution in [0.15, 0.2) is 59.6 Å². The lowest BCUT2D eigenvalue weighted by Crippen LogP contribution is -2.57. The van der Waals surface area contributed by atoms with Gasteiger partial charge in [0.15, 0.2) is 0 Å². The van der Waals surface area contributed by atoms with Gasteiger partial charge in [0, 0.05) is 36.6 Å². The van der Waals surface area contributed by atoms with Crippen LogP contribution < -0.4 is 15.4 Å². The number of likely N-dealkylation sites (tertiary alicyclic amines) is 2. The Labute approximate surface area is 244 Å². The van der Waals surface area contributed by atoms with E-state index >= 15 is 0 Å². The average molecular weight is 563 g/mol. The van der Waals surface area contributed by atoms with Gasteiger partial charge in [0.2, 0.25) is 12.2 Å². The van der Waals surface area contributed by atoms with E-state index in [1.54, 1.807) is 6.07 Å². The van der Waals surface area contributed by atoms with Crippen molar-refractivity contribution in [1.29, 1.82) is 5.26 Å². The van der Waals surface area contributed by atoms with Crippen LogP contribution in [0, 0.1) is 11.5 Å². The van der Waals surface area contributed by atoms with E-state index in [0.717, 1.165) is 64.4 Å². The van der Waals surface area contributed by atoms with Crippen molar-refractivity contribution in [3.05, 3.63) is 54.6 Å². The predicted molar refractivity (Wildman–Crippen MR) is 163 cm³/mol. The van der Waals surface area contributed by atoms with E-state index < -0.39 is 0 Å². The number of fused-ring (bicyclic) bond motifs is 4. The quantitative estimate of drug-likeness (QED) is 0.210. The molecule has 214 valence electrons. The van der Waals surface area contributed by atoms with Gasteiger partial charge in [0.25, 0.3) is 0 Å². The topological polar surface area (TPSA) is 127 Å². The second-order valence-electron chi connectivity index (χ2n) is 11.6. The zero-order chi connectivity index (χ0) is 28.8. The van der Waals surface area contributed by atoms with E-state index in [-0.39, 0.29) is 23.8 Å². The molecule has 0 saturated carbocycles. The smallest absolute Gasteiger partial charge is 0.319 e. The molecule has 42 heavy (non-hydrogen) atoms. The fourth-order valence-electron chi connectivity index (χ4n) is 6.97. The number of hydrogen-bond donors (Lipinski definition) is 2. The third-order valence-corrected chi connectivity index (χ3v) is 9.11. The van der Waals surface area contributed by atoms with Crippen LogP contribution in [0.2, 0.25) is 0 Å². The molecule has 3 aromatic carbocycles. The van der Waals surface area contributed by atoms with E-state index in [0.29, 0.717) is 31.7 Å². The molecule has 7 rings (SSSR count). The molecule has 3 aliphatic rings. The molecule has 2 unspecified atom stereocenters. The van der Waals surface area contributed by atoms with Crippen LogP contribution in [0.4, 0.5) is 5.82 Å². The van der Waals surface area contributed by atoms with Gasteiger partial charge in [-0.3, -0.25) is 0 Å². The second kappa shape index (κ2) is 10.7. The number of aromatic nitrogens is 2. The van der Waals surface area contributed by atoms with E-state index in [1.165, 1.54) is 6.42 Å². The lowest BCUT2D eigenvalue weighted by atomic mass is 9.97. The van der Waals surface area contributed by atoms with Crippen molar-refractivity contribution in [3.8, 4) is 29.1 Å². The Bertz CT molecular complexity index is 1720. The number of aliphatic imine (C=N–C) groups is 1. The normalized spacial score (nSPS) is 22.7. The van der Waals surface area contributed by atoms with Crippen molar-refractivity contribution in [2.45, 2.75) is 43.8 Å². The summed E-state index contributed by atoms with van der Waals surface area (Å²) in [6.45, 7) is 2.97. The van der Waals surface area contributed by atoms with E-state index in [2.05, 4.69) is 46.1 Å². The number of benzene rings is 3. The van der Waals surface area contributed by atoms with Gasteiger partial charge in [-0.25, -0.2) is 0 Å². The number of phenolic OH excluding ortho intramolecular Hbond substituents is 1. The number of guanidine groups is 1. The minimum atomic E-state index is 0.179. The zero-order valence-corrected chi connectivity index (χ0v) is 23.6. The lowest BCUT2D eigenvalue weighted by Gasteiger charge is -2.42. The fraction of sp³-hybridized carbons (Fsp3) is 0.375. The Hall–Kier alpha value is -4.62. The maximum absolute atomic E-state index is 10.5. The highest BCUT2D eigenvalue weighted by molar-refractivity contribution is 6.01. The summed E-state index contributed by atoms with van der Waals surface area (Å²) in [6.07, 6.45) is 6.09. The first-order valence-electron chi connectivity index (χ1n) is 14.6. The largest absolute Gasteiger partial charge is 0.508 e. The highest BCUT2D eigenvalue weighted by Crippen LogP contribution is 2.40. The van der Waals surface area contributed by atoms with E-state index in [4.69, 9.17) is 25.7 Å².